The summed E-state index contributed by atoms with van der Waals surface area (Å²) < 4.78 is 15.8. The Morgan fingerprint density at radius 1 is 0.900 bits per heavy atom. The Bertz CT molecular complexity index is 1050. The van der Waals surface area contributed by atoms with Crippen LogP contribution in [0.4, 0.5) is 11.4 Å². The highest BCUT2D eigenvalue weighted by atomic mass is 16.7. The fourth-order valence-electron chi connectivity index (χ4n) is 2.96. The third-order valence-corrected chi connectivity index (χ3v) is 4.46. The third kappa shape index (κ3) is 4.70. The van der Waals surface area contributed by atoms with Gasteiger partial charge in [0.2, 0.25) is 6.79 Å². The number of carbonyl (C=O) groups excluding carboxylic acids is 2. The fourth-order valence-corrected chi connectivity index (χ4v) is 2.96. The van der Waals surface area contributed by atoms with Crippen LogP contribution >= 0.6 is 0 Å². The molecule has 3 aromatic carbocycles. The molecule has 0 aliphatic carbocycles. The number of ether oxygens (including phenoxy) is 3. The zero-order chi connectivity index (χ0) is 20.8. The number of esters is 1. The molecule has 3 aromatic rings. The summed E-state index contributed by atoms with van der Waals surface area (Å²) in [6.07, 6.45) is 0. The number of para-hydroxylation sites is 2. The highest BCUT2D eigenvalue weighted by Crippen LogP contribution is 2.32. The van der Waals surface area contributed by atoms with Crippen molar-refractivity contribution in [1.82, 2.24) is 5.32 Å². The predicted molar refractivity (Wildman–Crippen MR) is 111 cm³/mol. The Kier molecular flexibility index (Phi) is 5.80. The maximum absolute atomic E-state index is 12.5. The van der Waals surface area contributed by atoms with Crippen LogP contribution < -0.4 is 20.1 Å². The first kappa shape index (κ1) is 19.3. The van der Waals surface area contributed by atoms with E-state index in [4.69, 9.17) is 14.2 Å². The van der Waals surface area contributed by atoms with Crippen molar-refractivity contribution in [2.45, 2.75) is 6.54 Å². The topological polar surface area (TPSA) is 85.9 Å². The van der Waals surface area contributed by atoms with Crippen LogP contribution in [0.5, 0.6) is 11.5 Å². The first-order valence-electron chi connectivity index (χ1n) is 9.42. The Hall–Kier alpha value is -4.00. The second kappa shape index (κ2) is 9.00. The molecule has 1 aliphatic heterocycles. The molecule has 152 valence electrons. The average Bonchev–Trinajstić information content (AvgIpc) is 3.25. The number of hydrogen-bond acceptors (Lipinski definition) is 6. The van der Waals surface area contributed by atoms with Crippen molar-refractivity contribution in [3.63, 3.8) is 0 Å². The van der Waals surface area contributed by atoms with E-state index < -0.39 is 11.9 Å². The number of amides is 1. The summed E-state index contributed by atoms with van der Waals surface area (Å²) >= 11 is 0. The SMILES string of the molecule is O=C(COC(=O)c1ccccc1Nc1ccccc1)NCc1ccc2c(c1)OCO2. The second-order valence-electron chi connectivity index (χ2n) is 6.58. The molecule has 0 atom stereocenters. The predicted octanol–water partition coefficient (Wildman–Crippen LogP) is 3.63. The lowest BCUT2D eigenvalue weighted by atomic mass is 10.1. The van der Waals surface area contributed by atoms with Crippen molar-refractivity contribution in [3.05, 3.63) is 83.9 Å². The summed E-state index contributed by atoms with van der Waals surface area (Å²) in [6.45, 7) is 0.115. The number of carbonyl (C=O) groups is 2. The number of anilines is 2. The summed E-state index contributed by atoms with van der Waals surface area (Å²) in [6, 6.07) is 21.9. The van der Waals surface area contributed by atoms with E-state index >= 15 is 0 Å². The molecule has 1 amide bonds. The quantitative estimate of drug-likeness (QED) is 0.585. The maximum Gasteiger partial charge on any atom is 0.340 e. The van der Waals surface area contributed by atoms with Gasteiger partial charge >= 0.3 is 5.97 Å². The van der Waals surface area contributed by atoms with Crippen molar-refractivity contribution in [1.29, 1.82) is 0 Å². The van der Waals surface area contributed by atoms with Crippen molar-refractivity contribution in [2.75, 3.05) is 18.7 Å². The largest absolute Gasteiger partial charge is 0.454 e. The van der Waals surface area contributed by atoms with E-state index in [1.54, 1.807) is 30.3 Å². The van der Waals surface area contributed by atoms with Crippen molar-refractivity contribution < 1.29 is 23.8 Å². The molecule has 0 aromatic heterocycles. The molecule has 2 N–H and O–H groups in total. The maximum atomic E-state index is 12.5. The molecule has 30 heavy (non-hydrogen) atoms. The second-order valence-corrected chi connectivity index (χ2v) is 6.58. The van der Waals surface area contributed by atoms with Crippen LogP contribution in [0, 0.1) is 0 Å². The van der Waals surface area contributed by atoms with E-state index in [2.05, 4.69) is 10.6 Å². The smallest absolute Gasteiger partial charge is 0.340 e. The highest BCUT2D eigenvalue weighted by Gasteiger charge is 2.16. The van der Waals surface area contributed by atoms with Crippen molar-refractivity contribution in [2.24, 2.45) is 0 Å². The normalized spacial score (nSPS) is 11.6. The van der Waals surface area contributed by atoms with E-state index in [1.807, 2.05) is 42.5 Å². The zero-order valence-electron chi connectivity index (χ0n) is 16.1. The highest BCUT2D eigenvalue weighted by molar-refractivity contribution is 5.97. The molecule has 0 spiro atoms. The molecule has 7 heteroatoms. The zero-order valence-corrected chi connectivity index (χ0v) is 16.1. The monoisotopic (exact) mass is 404 g/mol. The minimum absolute atomic E-state index is 0.196. The Morgan fingerprint density at radius 3 is 2.53 bits per heavy atom. The van der Waals surface area contributed by atoms with Gasteiger partial charge in [0.1, 0.15) is 0 Å². The molecule has 1 aliphatic rings. The number of benzene rings is 3. The number of nitrogens with one attached hydrogen (secondary N) is 2. The van der Waals surface area contributed by atoms with E-state index in [9.17, 15) is 9.59 Å². The van der Waals surface area contributed by atoms with E-state index in [0.717, 1.165) is 11.3 Å². The summed E-state index contributed by atoms with van der Waals surface area (Å²) in [4.78, 5) is 24.6. The molecule has 4 rings (SSSR count). The van der Waals surface area contributed by atoms with Gasteiger partial charge < -0.3 is 24.8 Å². The summed E-state index contributed by atoms with van der Waals surface area (Å²) in [5.41, 5.74) is 2.66. The molecule has 0 unspecified atom stereocenters. The molecule has 0 bridgehead atoms. The number of rotatable bonds is 7. The van der Waals surface area contributed by atoms with Crippen LogP contribution in [0.1, 0.15) is 15.9 Å². The van der Waals surface area contributed by atoms with Gasteiger partial charge in [-0.05, 0) is 42.0 Å². The molecule has 0 radical (unpaired) electrons. The van der Waals surface area contributed by atoms with Crippen LogP contribution in [0.15, 0.2) is 72.8 Å². The molecule has 0 saturated carbocycles. The Morgan fingerprint density at radius 2 is 1.67 bits per heavy atom. The first-order chi connectivity index (χ1) is 14.7. The Balaban J connectivity index is 1.30. The number of fused-ring (bicyclic) bond motifs is 1. The van der Waals surface area contributed by atoms with Crippen LogP contribution in [-0.2, 0) is 16.1 Å². The van der Waals surface area contributed by atoms with Gasteiger partial charge in [0.15, 0.2) is 18.1 Å². The summed E-state index contributed by atoms with van der Waals surface area (Å²) in [7, 11) is 0. The lowest BCUT2D eigenvalue weighted by Crippen LogP contribution is -2.28. The molecular formula is C23H20N2O5. The van der Waals surface area contributed by atoms with Gasteiger partial charge in [0, 0.05) is 12.2 Å². The molecule has 1 heterocycles. The van der Waals surface area contributed by atoms with Crippen LogP contribution in [-0.4, -0.2) is 25.3 Å². The van der Waals surface area contributed by atoms with Crippen LogP contribution in [0.3, 0.4) is 0 Å². The lowest BCUT2D eigenvalue weighted by Gasteiger charge is -2.12. The van der Waals surface area contributed by atoms with Crippen molar-refractivity contribution in [3.8, 4) is 11.5 Å². The molecule has 0 fully saturated rings. The van der Waals surface area contributed by atoms with E-state index in [0.29, 0.717) is 29.3 Å². The van der Waals surface area contributed by atoms with E-state index in [-0.39, 0.29) is 13.4 Å². The average molecular weight is 404 g/mol. The van der Waals surface area contributed by atoms with Gasteiger partial charge in [-0.25, -0.2) is 4.79 Å². The molecule has 7 nitrogen and oxygen atoms in total. The van der Waals surface area contributed by atoms with Gasteiger partial charge in [-0.15, -0.1) is 0 Å². The van der Waals surface area contributed by atoms with Gasteiger partial charge in [0.25, 0.3) is 5.91 Å². The van der Waals surface area contributed by atoms with Crippen molar-refractivity contribution >= 4 is 23.3 Å². The van der Waals surface area contributed by atoms with Crippen LogP contribution in [0.25, 0.3) is 0 Å². The summed E-state index contributed by atoms with van der Waals surface area (Å²) in [5.74, 6) is 0.360. The minimum Gasteiger partial charge on any atom is -0.454 e. The molecule has 0 saturated heterocycles. The summed E-state index contributed by atoms with van der Waals surface area (Å²) in [5, 5.41) is 5.91. The third-order valence-electron chi connectivity index (χ3n) is 4.46. The van der Waals surface area contributed by atoms with Gasteiger partial charge in [-0.3, -0.25) is 4.79 Å². The van der Waals surface area contributed by atoms with E-state index in [1.165, 1.54) is 0 Å². The lowest BCUT2D eigenvalue weighted by molar-refractivity contribution is -0.124. The molecular weight excluding hydrogens is 384 g/mol. The van der Waals surface area contributed by atoms with Gasteiger partial charge in [0.05, 0.1) is 11.3 Å². The fraction of sp³-hybridized carbons (Fsp3) is 0.130. The van der Waals surface area contributed by atoms with Gasteiger partial charge in [-0.1, -0.05) is 36.4 Å². The first-order valence-corrected chi connectivity index (χ1v) is 9.42. The van der Waals surface area contributed by atoms with Crippen LogP contribution in [0.2, 0.25) is 0 Å². The standard InChI is InChI=1S/C23H20N2O5/c26-22(24-13-16-10-11-20-21(12-16)30-15-29-20)14-28-23(27)18-8-4-5-9-19(18)25-17-6-2-1-3-7-17/h1-12,25H,13-15H2,(H,24,26). The Labute approximate surface area is 173 Å². The minimum atomic E-state index is -0.577. The number of hydrogen-bond donors (Lipinski definition) is 2. The van der Waals surface area contributed by atoms with Gasteiger partial charge in [-0.2, -0.15) is 0 Å².